The van der Waals surface area contributed by atoms with Crippen molar-refractivity contribution in [2.24, 2.45) is 7.05 Å². The normalized spacial score (nSPS) is 10.9. The van der Waals surface area contributed by atoms with Crippen molar-refractivity contribution in [1.82, 2.24) is 10.5 Å². The highest BCUT2D eigenvalue weighted by molar-refractivity contribution is 6.06. The number of carbonyl (C=O) groups is 1. The number of aryl methyl sites for hydroxylation is 2. The number of hydrogen-bond donors (Lipinski definition) is 3. The zero-order chi connectivity index (χ0) is 21.8. The van der Waals surface area contributed by atoms with Crippen molar-refractivity contribution in [1.29, 1.82) is 0 Å². The van der Waals surface area contributed by atoms with Gasteiger partial charge < -0.3 is 5.11 Å². The third-order valence-corrected chi connectivity index (χ3v) is 5.33. The number of amides is 1. The third kappa shape index (κ3) is 4.45. The maximum Gasteiger partial charge on any atom is 0.275 e. The topological polar surface area (TPSA) is 86.3 Å². The van der Waals surface area contributed by atoms with Crippen LogP contribution in [0.3, 0.4) is 0 Å². The molecule has 0 aliphatic rings. The summed E-state index contributed by atoms with van der Waals surface area (Å²) in [6.07, 6.45) is 5.31. The first-order chi connectivity index (χ1) is 15.1. The number of hydroxylamine groups is 1. The Hall–Kier alpha value is -3.61. The number of pyridine rings is 2. The minimum atomic E-state index is -0.572. The summed E-state index contributed by atoms with van der Waals surface area (Å²) >= 11 is 0. The number of aliphatic hydroxyl groups is 1. The van der Waals surface area contributed by atoms with Crippen LogP contribution in [0.4, 0.5) is 0 Å². The minimum absolute atomic E-state index is 0.201. The molecule has 6 nitrogen and oxygen atoms in total. The largest absolute Gasteiger partial charge is 0.396 e. The van der Waals surface area contributed by atoms with Gasteiger partial charge in [-0.3, -0.25) is 10.0 Å². The van der Waals surface area contributed by atoms with E-state index in [2.05, 4.69) is 24.3 Å². The summed E-state index contributed by atoms with van der Waals surface area (Å²) < 4.78 is 1.84. The number of aromatic nitrogens is 2. The van der Waals surface area contributed by atoms with Crippen LogP contribution in [0.15, 0.2) is 73.1 Å². The fourth-order valence-electron chi connectivity index (χ4n) is 3.65. The molecular formula is C25H24N3O3+. The summed E-state index contributed by atoms with van der Waals surface area (Å²) in [6.45, 7) is 0.201. The average molecular weight is 414 g/mol. The molecule has 4 aromatic rings. The van der Waals surface area contributed by atoms with Crippen molar-refractivity contribution in [3.05, 3.63) is 84.2 Å². The average Bonchev–Trinajstić information content (AvgIpc) is 2.82. The molecule has 2 aromatic heterocycles. The van der Waals surface area contributed by atoms with E-state index in [1.807, 2.05) is 54.3 Å². The van der Waals surface area contributed by atoms with Crippen molar-refractivity contribution >= 4 is 16.8 Å². The molecule has 0 saturated carbocycles. The minimum Gasteiger partial charge on any atom is -0.396 e. The molecule has 2 aromatic carbocycles. The zero-order valence-electron chi connectivity index (χ0n) is 17.2. The summed E-state index contributed by atoms with van der Waals surface area (Å²) in [5.41, 5.74) is 7.71. The van der Waals surface area contributed by atoms with Crippen LogP contribution in [-0.4, -0.2) is 27.8 Å². The molecule has 0 radical (unpaired) electrons. The molecule has 6 heteroatoms. The van der Waals surface area contributed by atoms with Gasteiger partial charge in [0.15, 0.2) is 12.4 Å². The number of nitrogens with one attached hydrogen (secondary N) is 1. The molecule has 0 spiro atoms. The van der Waals surface area contributed by atoms with E-state index in [1.54, 1.807) is 11.5 Å². The number of hydrogen-bond acceptors (Lipinski definition) is 4. The van der Waals surface area contributed by atoms with Gasteiger partial charge in [0, 0.05) is 18.2 Å². The molecule has 0 aliphatic carbocycles. The van der Waals surface area contributed by atoms with E-state index in [0.717, 1.165) is 29.5 Å². The van der Waals surface area contributed by atoms with Crippen LogP contribution >= 0.6 is 0 Å². The molecule has 156 valence electrons. The van der Waals surface area contributed by atoms with Gasteiger partial charge >= 0.3 is 0 Å². The van der Waals surface area contributed by atoms with Crippen molar-refractivity contribution in [3.63, 3.8) is 0 Å². The van der Waals surface area contributed by atoms with Crippen LogP contribution in [-0.2, 0) is 13.5 Å². The van der Waals surface area contributed by atoms with Crippen molar-refractivity contribution < 1.29 is 19.7 Å². The molecule has 0 fully saturated rings. The summed E-state index contributed by atoms with van der Waals surface area (Å²) in [6, 6.07) is 19.9. The van der Waals surface area contributed by atoms with Crippen molar-refractivity contribution in [2.45, 2.75) is 12.8 Å². The van der Waals surface area contributed by atoms with Crippen LogP contribution in [0.25, 0.3) is 33.3 Å². The Morgan fingerprint density at radius 1 is 1.00 bits per heavy atom. The number of benzene rings is 2. The SMILES string of the molecule is C[n+]1ccc2nc(-c3ccc(-c4ccc(CCCO)cc4)cc3)cc(C(=O)NO)c2c1. The summed E-state index contributed by atoms with van der Waals surface area (Å²) in [5, 5.41) is 18.8. The van der Waals surface area contributed by atoms with Crippen molar-refractivity contribution in [2.75, 3.05) is 6.61 Å². The van der Waals surface area contributed by atoms with Crippen LogP contribution < -0.4 is 10.0 Å². The van der Waals surface area contributed by atoms with Crippen LogP contribution in [0, 0.1) is 0 Å². The molecule has 3 N–H and O–H groups in total. The van der Waals surface area contributed by atoms with E-state index >= 15 is 0 Å². The zero-order valence-corrected chi connectivity index (χ0v) is 17.2. The van der Waals surface area contributed by atoms with E-state index in [0.29, 0.717) is 22.2 Å². The first kappa shape index (κ1) is 20.7. The standard InChI is InChI=1S/C25H23N3O3/c1-28-13-12-23-22(16-28)21(25(30)27-31)15-24(26-23)20-10-8-19(9-11-20)18-6-4-17(5-7-18)3-2-14-29/h4-13,15-16,29H,2-3,14H2,1H3,(H-,26,27,30,31)/p+1. The highest BCUT2D eigenvalue weighted by atomic mass is 16.5. The van der Waals surface area contributed by atoms with Crippen molar-refractivity contribution in [3.8, 4) is 22.4 Å². The Balaban J connectivity index is 1.67. The van der Waals surface area contributed by atoms with Gasteiger partial charge in [0.25, 0.3) is 5.91 Å². The van der Waals surface area contributed by atoms with Crippen LogP contribution in [0.1, 0.15) is 22.3 Å². The van der Waals surface area contributed by atoms with Gasteiger partial charge in [-0.25, -0.2) is 15.0 Å². The molecule has 0 saturated heterocycles. The maximum atomic E-state index is 12.2. The first-order valence-corrected chi connectivity index (χ1v) is 10.1. The van der Waals surface area contributed by atoms with Gasteiger partial charge in [-0.05, 0) is 35.6 Å². The van der Waals surface area contributed by atoms with Gasteiger partial charge in [0.2, 0.25) is 0 Å². The Bertz CT molecular complexity index is 1220. The van der Waals surface area contributed by atoms with Gasteiger partial charge in [-0.15, -0.1) is 0 Å². The second-order valence-corrected chi connectivity index (χ2v) is 7.51. The molecule has 0 bridgehead atoms. The molecule has 0 atom stereocenters. The first-order valence-electron chi connectivity index (χ1n) is 10.1. The van der Waals surface area contributed by atoms with E-state index in [1.165, 1.54) is 5.56 Å². The van der Waals surface area contributed by atoms with Gasteiger partial charge in [-0.2, -0.15) is 0 Å². The number of fused-ring (bicyclic) bond motifs is 1. The lowest BCUT2D eigenvalue weighted by Gasteiger charge is -2.09. The lowest BCUT2D eigenvalue weighted by atomic mass is 9.99. The fourth-order valence-corrected chi connectivity index (χ4v) is 3.65. The number of nitrogens with zero attached hydrogens (tertiary/aromatic N) is 2. The van der Waals surface area contributed by atoms with Gasteiger partial charge in [0.1, 0.15) is 7.05 Å². The molecule has 4 rings (SSSR count). The van der Waals surface area contributed by atoms with Crippen LogP contribution in [0.2, 0.25) is 0 Å². The quantitative estimate of drug-likeness (QED) is 0.256. The Morgan fingerprint density at radius 3 is 2.29 bits per heavy atom. The molecule has 1 amide bonds. The Labute approximate surface area is 180 Å². The van der Waals surface area contributed by atoms with Gasteiger partial charge in [0.05, 0.1) is 22.2 Å². The van der Waals surface area contributed by atoms with Crippen LogP contribution in [0.5, 0.6) is 0 Å². The molecule has 31 heavy (non-hydrogen) atoms. The summed E-state index contributed by atoms with van der Waals surface area (Å²) in [7, 11) is 1.87. The maximum absolute atomic E-state index is 12.2. The predicted octanol–water partition coefficient (Wildman–Crippen LogP) is 3.44. The lowest BCUT2D eigenvalue weighted by molar-refractivity contribution is -0.670. The van der Waals surface area contributed by atoms with E-state index < -0.39 is 5.91 Å². The molecule has 0 aliphatic heterocycles. The van der Waals surface area contributed by atoms with E-state index in [-0.39, 0.29) is 6.61 Å². The fraction of sp³-hybridized carbons (Fsp3) is 0.160. The molecular weight excluding hydrogens is 390 g/mol. The predicted molar refractivity (Wildman–Crippen MR) is 118 cm³/mol. The third-order valence-electron chi connectivity index (χ3n) is 5.33. The summed E-state index contributed by atoms with van der Waals surface area (Å²) in [5.74, 6) is -0.572. The molecule has 2 heterocycles. The number of carbonyl (C=O) groups excluding carboxylic acids is 1. The second-order valence-electron chi connectivity index (χ2n) is 7.51. The number of rotatable bonds is 6. The van der Waals surface area contributed by atoms with E-state index in [9.17, 15) is 4.79 Å². The molecule has 0 unspecified atom stereocenters. The van der Waals surface area contributed by atoms with Gasteiger partial charge in [-0.1, -0.05) is 48.5 Å². The lowest BCUT2D eigenvalue weighted by Crippen LogP contribution is -2.27. The second kappa shape index (κ2) is 9.04. The Morgan fingerprint density at radius 2 is 1.65 bits per heavy atom. The van der Waals surface area contributed by atoms with E-state index in [4.69, 9.17) is 15.3 Å². The highest BCUT2D eigenvalue weighted by Gasteiger charge is 2.16. The smallest absolute Gasteiger partial charge is 0.275 e. The Kier molecular flexibility index (Phi) is 6.02. The summed E-state index contributed by atoms with van der Waals surface area (Å²) in [4.78, 5) is 17.0. The number of aliphatic hydroxyl groups excluding tert-OH is 1. The monoisotopic (exact) mass is 414 g/mol. The highest BCUT2D eigenvalue weighted by Crippen LogP contribution is 2.27.